The van der Waals surface area contributed by atoms with E-state index >= 15 is 0 Å². The molecule has 0 saturated carbocycles. The van der Waals surface area contributed by atoms with E-state index in [2.05, 4.69) is 9.88 Å². The van der Waals surface area contributed by atoms with Crippen molar-refractivity contribution in [1.29, 1.82) is 0 Å². The summed E-state index contributed by atoms with van der Waals surface area (Å²) in [6, 6.07) is 0. The van der Waals surface area contributed by atoms with Gasteiger partial charge in [-0.2, -0.15) is 0 Å². The molecule has 0 aliphatic carbocycles. The van der Waals surface area contributed by atoms with Crippen LogP contribution in [0.3, 0.4) is 0 Å². The molecular formula is C12H20N2O3S. The smallest absolute Gasteiger partial charge is 0.332 e. The molecule has 1 aromatic rings. The third-order valence-electron chi connectivity index (χ3n) is 2.40. The SMILES string of the molecule is CCOC(=O)COCCN(C)Cc1scnc1C. The van der Waals surface area contributed by atoms with Crippen LogP contribution in [0.5, 0.6) is 0 Å². The molecule has 0 spiro atoms. The average Bonchev–Trinajstić information content (AvgIpc) is 2.71. The highest BCUT2D eigenvalue weighted by Gasteiger charge is 2.06. The molecule has 0 amide bonds. The topological polar surface area (TPSA) is 51.7 Å². The fraction of sp³-hybridized carbons (Fsp3) is 0.667. The second-order valence-corrected chi connectivity index (χ2v) is 4.90. The van der Waals surface area contributed by atoms with E-state index in [0.29, 0.717) is 13.2 Å². The van der Waals surface area contributed by atoms with Crippen molar-refractivity contribution >= 4 is 17.3 Å². The first-order valence-corrected chi connectivity index (χ1v) is 6.82. The summed E-state index contributed by atoms with van der Waals surface area (Å²) in [5.41, 5.74) is 2.94. The lowest BCUT2D eigenvalue weighted by atomic mass is 10.4. The number of aromatic nitrogens is 1. The quantitative estimate of drug-likeness (QED) is 0.530. The molecule has 0 atom stereocenters. The monoisotopic (exact) mass is 272 g/mol. The summed E-state index contributed by atoms with van der Waals surface area (Å²) in [4.78, 5) is 18.6. The second kappa shape index (κ2) is 8.18. The summed E-state index contributed by atoms with van der Waals surface area (Å²) in [7, 11) is 2.02. The Labute approximate surface area is 112 Å². The van der Waals surface area contributed by atoms with Gasteiger partial charge in [0, 0.05) is 18.0 Å². The van der Waals surface area contributed by atoms with Crippen LogP contribution in [-0.2, 0) is 20.8 Å². The maximum absolute atomic E-state index is 11.0. The Morgan fingerprint density at radius 2 is 2.33 bits per heavy atom. The molecule has 18 heavy (non-hydrogen) atoms. The first-order chi connectivity index (χ1) is 8.63. The lowest BCUT2D eigenvalue weighted by Crippen LogP contribution is -2.24. The number of nitrogens with zero attached hydrogens (tertiary/aromatic N) is 2. The van der Waals surface area contributed by atoms with E-state index in [9.17, 15) is 4.79 Å². The molecule has 0 aliphatic heterocycles. The maximum Gasteiger partial charge on any atom is 0.332 e. The van der Waals surface area contributed by atoms with E-state index in [1.54, 1.807) is 18.3 Å². The van der Waals surface area contributed by atoms with Crippen LogP contribution in [-0.4, -0.2) is 49.3 Å². The molecule has 0 unspecified atom stereocenters. The van der Waals surface area contributed by atoms with Gasteiger partial charge in [-0.3, -0.25) is 4.90 Å². The minimum Gasteiger partial charge on any atom is -0.464 e. The van der Waals surface area contributed by atoms with Gasteiger partial charge in [0.25, 0.3) is 0 Å². The van der Waals surface area contributed by atoms with E-state index < -0.39 is 0 Å². The Morgan fingerprint density at radius 3 is 2.94 bits per heavy atom. The number of aryl methyl sites for hydroxylation is 1. The summed E-state index contributed by atoms with van der Waals surface area (Å²) in [6.07, 6.45) is 0. The highest BCUT2D eigenvalue weighted by atomic mass is 32.1. The number of likely N-dealkylation sites (N-methyl/N-ethyl adjacent to an activating group) is 1. The zero-order valence-electron chi connectivity index (χ0n) is 11.1. The average molecular weight is 272 g/mol. The molecule has 6 heteroatoms. The van der Waals surface area contributed by atoms with Crippen LogP contribution >= 0.6 is 11.3 Å². The maximum atomic E-state index is 11.0. The predicted molar refractivity (Wildman–Crippen MR) is 70.6 cm³/mol. The van der Waals surface area contributed by atoms with Crippen LogP contribution in [0, 0.1) is 6.92 Å². The van der Waals surface area contributed by atoms with Crippen LogP contribution in [0.15, 0.2) is 5.51 Å². The summed E-state index contributed by atoms with van der Waals surface area (Å²) in [5.74, 6) is -0.307. The fourth-order valence-electron chi connectivity index (χ4n) is 1.38. The Bertz CT molecular complexity index is 368. The molecule has 0 fully saturated rings. The van der Waals surface area contributed by atoms with E-state index in [1.165, 1.54) is 4.88 Å². The molecule has 1 heterocycles. The minimum absolute atomic E-state index is 0.0290. The number of carbonyl (C=O) groups is 1. The molecule has 0 saturated heterocycles. The van der Waals surface area contributed by atoms with E-state index in [4.69, 9.17) is 9.47 Å². The number of carbonyl (C=O) groups excluding carboxylic acids is 1. The van der Waals surface area contributed by atoms with Gasteiger partial charge in [0.15, 0.2) is 0 Å². The highest BCUT2D eigenvalue weighted by molar-refractivity contribution is 7.09. The van der Waals surface area contributed by atoms with Gasteiger partial charge in [-0.25, -0.2) is 9.78 Å². The zero-order valence-corrected chi connectivity index (χ0v) is 12.0. The third-order valence-corrected chi connectivity index (χ3v) is 3.32. The summed E-state index contributed by atoms with van der Waals surface area (Å²) in [6.45, 7) is 6.37. The standard InChI is InChI=1S/C12H20N2O3S/c1-4-17-12(15)8-16-6-5-14(3)7-11-10(2)13-9-18-11/h9H,4-8H2,1-3H3. The molecule has 102 valence electrons. The Kier molecular flexibility index (Phi) is 6.85. The van der Waals surface area contributed by atoms with Crippen LogP contribution in [0.25, 0.3) is 0 Å². The van der Waals surface area contributed by atoms with E-state index in [-0.39, 0.29) is 12.6 Å². The van der Waals surface area contributed by atoms with Gasteiger partial charge in [-0.15, -0.1) is 11.3 Å². The van der Waals surface area contributed by atoms with E-state index in [0.717, 1.165) is 18.8 Å². The number of esters is 1. The Hall–Kier alpha value is -0.980. The van der Waals surface area contributed by atoms with Gasteiger partial charge in [0.2, 0.25) is 0 Å². The Balaban J connectivity index is 2.12. The van der Waals surface area contributed by atoms with Crippen molar-refractivity contribution in [1.82, 2.24) is 9.88 Å². The summed E-state index contributed by atoms with van der Waals surface area (Å²) < 4.78 is 10.0. The minimum atomic E-state index is -0.307. The molecule has 1 rings (SSSR count). The van der Waals surface area contributed by atoms with Gasteiger partial charge in [-0.1, -0.05) is 0 Å². The highest BCUT2D eigenvalue weighted by Crippen LogP contribution is 2.13. The summed E-state index contributed by atoms with van der Waals surface area (Å²) in [5, 5.41) is 0. The largest absolute Gasteiger partial charge is 0.464 e. The molecule has 0 aromatic carbocycles. The van der Waals surface area contributed by atoms with Crippen molar-refractivity contribution in [3.8, 4) is 0 Å². The van der Waals surface area contributed by atoms with Crippen LogP contribution in [0.1, 0.15) is 17.5 Å². The first kappa shape index (κ1) is 15.1. The van der Waals surface area contributed by atoms with Crippen molar-refractivity contribution in [2.45, 2.75) is 20.4 Å². The number of ether oxygens (including phenoxy) is 2. The number of thiazole rings is 1. The van der Waals surface area contributed by atoms with Crippen molar-refractivity contribution < 1.29 is 14.3 Å². The lowest BCUT2D eigenvalue weighted by Gasteiger charge is -2.15. The molecule has 0 aliphatic rings. The van der Waals surface area contributed by atoms with Crippen LogP contribution < -0.4 is 0 Å². The predicted octanol–water partition coefficient (Wildman–Crippen LogP) is 1.46. The van der Waals surface area contributed by atoms with Gasteiger partial charge >= 0.3 is 5.97 Å². The van der Waals surface area contributed by atoms with Crippen molar-refractivity contribution in [2.75, 3.05) is 33.4 Å². The molecule has 0 N–H and O–H groups in total. The third kappa shape index (κ3) is 5.57. The van der Waals surface area contributed by atoms with E-state index in [1.807, 2.05) is 19.5 Å². The number of rotatable bonds is 8. The molecular weight excluding hydrogens is 252 g/mol. The second-order valence-electron chi connectivity index (χ2n) is 3.96. The summed E-state index contributed by atoms with van der Waals surface area (Å²) >= 11 is 1.66. The molecule has 1 aromatic heterocycles. The number of hydrogen-bond acceptors (Lipinski definition) is 6. The van der Waals surface area contributed by atoms with Gasteiger partial charge in [0.1, 0.15) is 6.61 Å². The van der Waals surface area contributed by atoms with Gasteiger partial charge in [0.05, 0.1) is 24.4 Å². The Morgan fingerprint density at radius 1 is 1.56 bits per heavy atom. The van der Waals surface area contributed by atoms with Crippen molar-refractivity contribution in [3.63, 3.8) is 0 Å². The lowest BCUT2D eigenvalue weighted by molar-refractivity contribution is -0.148. The normalized spacial score (nSPS) is 10.9. The number of hydrogen-bond donors (Lipinski definition) is 0. The first-order valence-electron chi connectivity index (χ1n) is 5.94. The fourth-order valence-corrected chi connectivity index (χ4v) is 2.24. The van der Waals surface area contributed by atoms with Crippen LogP contribution in [0.4, 0.5) is 0 Å². The van der Waals surface area contributed by atoms with Crippen molar-refractivity contribution in [3.05, 3.63) is 16.1 Å². The zero-order chi connectivity index (χ0) is 13.4. The van der Waals surface area contributed by atoms with Crippen molar-refractivity contribution in [2.24, 2.45) is 0 Å². The van der Waals surface area contributed by atoms with Gasteiger partial charge < -0.3 is 9.47 Å². The molecule has 5 nitrogen and oxygen atoms in total. The van der Waals surface area contributed by atoms with Crippen LogP contribution in [0.2, 0.25) is 0 Å². The molecule has 0 bridgehead atoms. The van der Waals surface area contributed by atoms with Gasteiger partial charge in [-0.05, 0) is 20.9 Å². The molecule has 0 radical (unpaired) electrons.